The summed E-state index contributed by atoms with van der Waals surface area (Å²) in [7, 11) is 4.63. The fraction of sp³-hybridized carbons (Fsp3) is 0.381. The Balaban J connectivity index is 1.72. The molecule has 1 aliphatic heterocycles. The summed E-state index contributed by atoms with van der Waals surface area (Å²) in [5, 5.41) is 3.01. The lowest BCUT2D eigenvalue weighted by atomic mass is 10.1. The number of hydrogen-bond acceptors (Lipinski definition) is 6. The van der Waals surface area contributed by atoms with Crippen molar-refractivity contribution in [1.82, 2.24) is 5.32 Å². The van der Waals surface area contributed by atoms with E-state index in [4.69, 9.17) is 23.7 Å². The Hall–Kier alpha value is -3.09. The van der Waals surface area contributed by atoms with Gasteiger partial charge in [0.1, 0.15) is 13.2 Å². The maximum absolute atomic E-state index is 12.6. The number of fused-ring (bicyclic) bond motifs is 1. The molecule has 1 heterocycles. The normalized spacial score (nSPS) is 13.4. The predicted molar refractivity (Wildman–Crippen MR) is 104 cm³/mol. The second kappa shape index (κ2) is 8.73. The molecule has 0 aromatic heterocycles. The van der Waals surface area contributed by atoms with Crippen molar-refractivity contribution in [3.63, 3.8) is 0 Å². The molecular weight excluding hydrogens is 362 g/mol. The van der Waals surface area contributed by atoms with Gasteiger partial charge in [0.25, 0.3) is 0 Å². The molecule has 2 aromatic rings. The van der Waals surface area contributed by atoms with Gasteiger partial charge in [0.05, 0.1) is 33.8 Å². The molecule has 1 amide bonds. The number of carbonyl (C=O) groups excluding carboxylic acids is 1. The van der Waals surface area contributed by atoms with E-state index in [-0.39, 0.29) is 18.4 Å². The van der Waals surface area contributed by atoms with Gasteiger partial charge in [0.2, 0.25) is 11.7 Å². The van der Waals surface area contributed by atoms with Crippen LogP contribution in [0.4, 0.5) is 0 Å². The van der Waals surface area contributed by atoms with Gasteiger partial charge in [0.15, 0.2) is 23.0 Å². The Kier molecular flexibility index (Phi) is 6.13. The van der Waals surface area contributed by atoms with Gasteiger partial charge in [-0.25, -0.2) is 0 Å². The van der Waals surface area contributed by atoms with Gasteiger partial charge < -0.3 is 29.0 Å². The summed E-state index contributed by atoms with van der Waals surface area (Å²) < 4.78 is 27.3. The molecule has 7 nitrogen and oxygen atoms in total. The second-order valence-electron chi connectivity index (χ2n) is 6.36. The average Bonchev–Trinajstić information content (AvgIpc) is 2.72. The van der Waals surface area contributed by atoms with Gasteiger partial charge in [-0.15, -0.1) is 0 Å². The minimum Gasteiger partial charge on any atom is -0.493 e. The number of amides is 1. The zero-order chi connectivity index (χ0) is 20.1. The standard InChI is InChI=1S/C21H25NO6/c1-13(14-5-7-16-18(11-14)28-10-9-27-16)22-19(23)12-15-6-8-17(24-2)21(26-4)20(15)25-3/h5-8,11,13H,9-10,12H2,1-4H3,(H,22,23)/t13-/m1/s1. The van der Waals surface area contributed by atoms with Crippen LogP contribution in [0, 0.1) is 0 Å². The monoisotopic (exact) mass is 387 g/mol. The third-order valence-corrected chi connectivity index (χ3v) is 4.58. The summed E-state index contributed by atoms with van der Waals surface area (Å²) in [6.07, 6.45) is 0.151. The van der Waals surface area contributed by atoms with Crippen LogP contribution >= 0.6 is 0 Å². The van der Waals surface area contributed by atoms with E-state index in [1.807, 2.05) is 25.1 Å². The quantitative estimate of drug-likeness (QED) is 0.787. The fourth-order valence-electron chi connectivity index (χ4n) is 3.18. The highest BCUT2D eigenvalue weighted by molar-refractivity contribution is 5.80. The number of carbonyl (C=O) groups is 1. The first-order chi connectivity index (χ1) is 13.6. The maximum Gasteiger partial charge on any atom is 0.225 e. The lowest BCUT2D eigenvalue weighted by Gasteiger charge is -2.21. The number of ether oxygens (including phenoxy) is 5. The molecule has 150 valence electrons. The number of hydrogen-bond donors (Lipinski definition) is 1. The molecule has 0 spiro atoms. The molecular formula is C21H25NO6. The summed E-state index contributed by atoms with van der Waals surface area (Å²) >= 11 is 0. The highest BCUT2D eigenvalue weighted by Crippen LogP contribution is 2.40. The van der Waals surface area contributed by atoms with Gasteiger partial charge in [-0.05, 0) is 30.7 Å². The fourth-order valence-corrected chi connectivity index (χ4v) is 3.18. The minimum atomic E-state index is -0.186. The highest BCUT2D eigenvalue weighted by atomic mass is 16.6. The van der Waals surface area contributed by atoms with E-state index in [9.17, 15) is 4.79 Å². The van der Waals surface area contributed by atoms with Crippen LogP contribution in [0.1, 0.15) is 24.1 Å². The molecule has 28 heavy (non-hydrogen) atoms. The predicted octanol–water partition coefficient (Wildman–Crippen LogP) is 2.90. The van der Waals surface area contributed by atoms with Crippen LogP contribution < -0.4 is 29.0 Å². The van der Waals surface area contributed by atoms with Crippen molar-refractivity contribution in [1.29, 1.82) is 0 Å². The van der Waals surface area contributed by atoms with Crippen molar-refractivity contribution in [3.05, 3.63) is 41.5 Å². The smallest absolute Gasteiger partial charge is 0.225 e. The van der Waals surface area contributed by atoms with Crippen molar-refractivity contribution in [2.75, 3.05) is 34.5 Å². The van der Waals surface area contributed by atoms with Crippen LogP contribution in [0.15, 0.2) is 30.3 Å². The molecule has 0 unspecified atom stereocenters. The van der Waals surface area contributed by atoms with Crippen molar-refractivity contribution in [2.45, 2.75) is 19.4 Å². The van der Waals surface area contributed by atoms with Gasteiger partial charge >= 0.3 is 0 Å². The van der Waals surface area contributed by atoms with E-state index in [0.29, 0.717) is 41.8 Å². The number of nitrogens with one attached hydrogen (secondary N) is 1. The van der Waals surface area contributed by atoms with Gasteiger partial charge in [-0.1, -0.05) is 12.1 Å². The molecule has 7 heteroatoms. The van der Waals surface area contributed by atoms with Gasteiger partial charge in [-0.2, -0.15) is 0 Å². The van der Waals surface area contributed by atoms with Crippen LogP contribution in [0.2, 0.25) is 0 Å². The Morgan fingerprint density at radius 1 is 1.00 bits per heavy atom. The summed E-state index contributed by atoms with van der Waals surface area (Å²) in [6.45, 7) is 3.00. The molecule has 0 radical (unpaired) electrons. The minimum absolute atomic E-state index is 0.132. The molecule has 2 aromatic carbocycles. The van der Waals surface area contributed by atoms with Crippen molar-refractivity contribution in [2.24, 2.45) is 0 Å². The van der Waals surface area contributed by atoms with E-state index in [0.717, 1.165) is 11.3 Å². The number of methoxy groups -OCH3 is 3. The first kappa shape index (κ1) is 19.7. The Morgan fingerprint density at radius 2 is 1.71 bits per heavy atom. The first-order valence-corrected chi connectivity index (χ1v) is 9.04. The van der Waals surface area contributed by atoms with Crippen LogP contribution in [0.5, 0.6) is 28.7 Å². The van der Waals surface area contributed by atoms with E-state index in [1.54, 1.807) is 19.2 Å². The molecule has 1 atom stereocenters. The molecule has 0 bridgehead atoms. The van der Waals surface area contributed by atoms with Gasteiger partial charge in [-0.3, -0.25) is 4.79 Å². The molecule has 0 aliphatic carbocycles. The largest absolute Gasteiger partial charge is 0.493 e. The molecule has 1 aliphatic rings. The van der Waals surface area contributed by atoms with Crippen molar-refractivity contribution >= 4 is 5.91 Å². The van der Waals surface area contributed by atoms with Crippen molar-refractivity contribution in [3.8, 4) is 28.7 Å². The van der Waals surface area contributed by atoms with Crippen LogP contribution in [0.3, 0.4) is 0 Å². The molecule has 0 saturated carbocycles. The number of benzene rings is 2. The zero-order valence-corrected chi connectivity index (χ0v) is 16.5. The van der Waals surface area contributed by atoms with E-state index in [2.05, 4.69) is 5.32 Å². The summed E-state index contributed by atoms with van der Waals surface area (Å²) in [5.74, 6) is 2.80. The Bertz CT molecular complexity index is 851. The molecule has 0 fully saturated rings. The Labute approximate surface area is 164 Å². The van der Waals surface area contributed by atoms with E-state index in [1.165, 1.54) is 14.2 Å². The third-order valence-electron chi connectivity index (χ3n) is 4.58. The summed E-state index contributed by atoms with van der Waals surface area (Å²) in [5.41, 5.74) is 1.66. The van der Waals surface area contributed by atoms with Crippen LogP contribution in [0.25, 0.3) is 0 Å². The van der Waals surface area contributed by atoms with E-state index < -0.39 is 0 Å². The zero-order valence-electron chi connectivity index (χ0n) is 16.5. The molecule has 0 saturated heterocycles. The molecule has 3 rings (SSSR count). The summed E-state index contributed by atoms with van der Waals surface area (Å²) in [6, 6.07) is 9.06. The lowest BCUT2D eigenvalue weighted by Crippen LogP contribution is -2.28. The van der Waals surface area contributed by atoms with Crippen molar-refractivity contribution < 1.29 is 28.5 Å². The molecule has 1 N–H and O–H groups in total. The van der Waals surface area contributed by atoms with Gasteiger partial charge in [0, 0.05) is 5.56 Å². The van der Waals surface area contributed by atoms with E-state index >= 15 is 0 Å². The third kappa shape index (κ3) is 4.08. The SMILES string of the molecule is COc1ccc(CC(=O)N[C@H](C)c2ccc3c(c2)OCCO3)c(OC)c1OC. The Morgan fingerprint density at radius 3 is 2.39 bits per heavy atom. The first-order valence-electron chi connectivity index (χ1n) is 9.04. The lowest BCUT2D eigenvalue weighted by molar-refractivity contribution is -0.121. The average molecular weight is 387 g/mol. The summed E-state index contributed by atoms with van der Waals surface area (Å²) in [4.78, 5) is 12.6. The van der Waals surface area contributed by atoms with Crippen LogP contribution in [-0.4, -0.2) is 40.5 Å². The highest BCUT2D eigenvalue weighted by Gasteiger charge is 2.20. The number of rotatable bonds is 7. The maximum atomic E-state index is 12.6. The van der Waals surface area contributed by atoms with Crippen LogP contribution in [-0.2, 0) is 11.2 Å². The topological polar surface area (TPSA) is 75.3 Å². The second-order valence-corrected chi connectivity index (χ2v) is 6.36.